The van der Waals surface area contributed by atoms with Gasteiger partial charge in [-0.05, 0) is 44.9 Å². The molecule has 0 atom stereocenters. The minimum absolute atomic E-state index is 0.143. The van der Waals surface area contributed by atoms with Gasteiger partial charge in [0.25, 0.3) is 5.91 Å². The Morgan fingerprint density at radius 1 is 1.19 bits per heavy atom. The summed E-state index contributed by atoms with van der Waals surface area (Å²) >= 11 is 0. The van der Waals surface area contributed by atoms with Crippen molar-refractivity contribution in [1.29, 1.82) is 0 Å². The fourth-order valence-corrected chi connectivity index (χ4v) is 2.27. The van der Waals surface area contributed by atoms with Gasteiger partial charge < -0.3 is 10.6 Å². The SMILES string of the molecule is CCNc1cc(C)ncc1C(=O)Nc1c(C)cccc1C. The molecule has 1 aromatic carbocycles. The van der Waals surface area contributed by atoms with Gasteiger partial charge in [-0.25, -0.2) is 0 Å². The number of anilines is 2. The molecule has 21 heavy (non-hydrogen) atoms. The molecule has 4 nitrogen and oxygen atoms in total. The van der Waals surface area contributed by atoms with E-state index in [1.165, 1.54) is 0 Å². The van der Waals surface area contributed by atoms with Crippen LogP contribution in [0.1, 0.15) is 34.1 Å². The van der Waals surface area contributed by atoms with Gasteiger partial charge in [-0.1, -0.05) is 18.2 Å². The first-order valence-electron chi connectivity index (χ1n) is 7.11. The van der Waals surface area contributed by atoms with Gasteiger partial charge in [-0.3, -0.25) is 9.78 Å². The van der Waals surface area contributed by atoms with E-state index in [1.54, 1.807) is 6.20 Å². The fraction of sp³-hybridized carbons (Fsp3) is 0.294. The van der Waals surface area contributed by atoms with Crippen molar-refractivity contribution >= 4 is 17.3 Å². The number of para-hydroxylation sites is 1. The molecule has 0 saturated heterocycles. The minimum atomic E-state index is -0.143. The second-order valence-corrected chi connectivity index (χ2v) is 5.12. The van der Waals surface area contributed by atoms with Crippen molar-refractivity contribution in [3.8, 4) is 0 Å². The molecule has 0 radical (unpaired) electrons. The quantitative estimate of drug-likeness (QED) is 0.899. The Morgan fingerprint density at radius 3 is 2.48 bits per heavy atom. The molecule has 1 aromatic heterocycles. The van der Waals surface area contributed by atoms with Gasteiger partial charge >= 0.3 is 0 Å². The topological polar surface area (TPSA) is 54.0 Å². The van der Waals surface area contributed by atoms with Crippen LogP contribution in [0.25, 0.3) is 0 Å². The Balaban J connectivity index is 2.32. The highest BCUT2D eigenvalue weighted by atomic mass is 16.1. The molecule has 110 valence electrons. The van der Waals surface area contributed by atoms with Gasteiger partial charge in [0.05, 0.1) is 11.3 Å². The van der Waals surface area contributed by atoms with Crippen LogP contribution in [-0.2, 0) is 0 Å². The van der Waals surface area contributed by atoms with Gasteiger partial charge in [0.15, 0.2) is 0 Å². The zero-order valence-corrected chi connectivity index (χ0v) is 12.9. The Morgan fingerprint density at radius 2 is 1.86 bits per heavy atom. The number of aromatic nitrogens is 1. The van der Waals surface area contributed by atoms with Crippen LogP contribution in [0.3, 0.4) is 0 Å². The number of hydrogen-bond acceptors (Lipinski definition) is 3. The number of aryl methyl sites for hydroxylation is 3. The highest BCUT2D eigenvalue weighted by molar-refractivity contribution is 6.08. The third-order valence-electron chi connectivity index (χ3n) is 3.37. The average molecular weight is 283 g/mol. The molecule has 0 unspecified atom stereocenters. The second-order valence-electron chi connectivity index (χ2n) is 5.12. The Bertz CT molecular complexity index is 645. The second kappa shape index (κ2) is 6.39. The van der Waals surface area contributed by atoms with E-state index in [-0.39, 0.29) is 5.91 Å². The molecule has 0 fully saturated rings. The summed E-state index contributed by atoms with van der Waals surface area (Å²) in [4.78, 5) is 16.8. The Hall–Kier alpha value is -2.36. The maximum Gasteiger partial charge on any atom is 0.259 e. The molecule has 4 heteroatoms. The number of nitrogens with one attached hydrogen (secondary N) is 2. The number of nitrogens with zero attached hydrogens (tertiary/aromatic N) is 1. The number of rotatable bonds is 4. The lowest BCUT2D eigenvalue weighted by Gasteiger charge is -2.14. The van der Waals surface area contributed by atoms with E-state index >= 15 is 0 Å². The van der Waals surface area contributed by atoms with Crippen LogP contribution in [0.5, 0.6) is 0 Å². The lowest BCUT2D eigenvalue weighted by Crippen LogP contribution is -2.17. The largest absolute Gasteiger partial charge is 0.385 e. The van der Waals surface area contributed by atoms with Gasteiger partial charge in [0, 0.05) is 24.1 Å². The summed E-state index contributed by atoms with van der Waals surface area (Å²) in [5.41, 5.74) is 5.22. The molecule has 0 bridgehead atoms. The van der Waals surface area contributed by atoms with E-state index < -0.39 is 0 Å². The van der Waals surface area contributed by atoms with Crippen LogP contribution in [-0.4, -0.2) is 17.4 Å². The Labute approximate surface area is 125 Å². The molecule has 2 N–H and O–H groups in total. The van der Waals surface area contributed by atoms with E-state index in [1.807, 2.05) is 52.0 Å². The van der Waals surface area contributed by atoms with Gasteiger partial charge in [0.2, 0.25) is 0 Å². The van der Waals surface area contributed by atoms with E-state index in [0.29, 0.717) is 5.56 Å². The molecule has 0 saturated carbocycles. The summed E-state index contributed by atoms with van der Waals surface area (Å²) in [6.07, 6.45) is 1.62. The molecule has 1 heterocycles. The number of benzene rings is 1. The highest BCUT2D eigenvalue weighted by Gasteiger charge is 2.14. The van der Waals surface area contributed by atoms with Crippen molar-refractivity contribution in [1.82, 2.24) is 4.98 Å². The van der Waals surface area contributed by atoms with Crippen LogP contribution >= 0.6 is 0 Å². The summed E-state index contributed by atoms with van der Waals surface area (Å²) in [7, 11) is 0. The standard InChI is InChI=1S/C17H21N3O/c1-5-18-15-9-13(4)19-10-14(15)17(21)20-16-11(2)7-6-8-12(16)3/h6-10H,5H2,1-4H3,(H,18,19)(H,20,21). The van der Waals surface area contributed by atoms with Crippen molar-refractivity contribution in [3.05, 3.63) is 52.8 Å². The van der Waals surface area contributed by atoms with Gasteiger partial charge in [0.1, 0.15) is 0 Å². The van der Waals surface area contributed by atoms with E-state index in [4.69, 9.17) is 0 Å². The summed E-state index contributed by atoms with van der Waals surface area (Å²) in [6, 6.07) is 7.85. The predicted octanol–water partition coefficient (Wildman–Crippen LogP) is 3.69. The fourth-order valence-electron chi connectivity index (χ4n) is 2.27. The van der Waals surface area contributed by atoms with Crippen LogP contribution in [0, 0.1) is 20.8 Å². The molecular weight excluding hydrogens is 262 g/mol. The van der Waals surface area contributed by atoms with Crippen LogP contribution in [0.2, 0.25) is 0 Å². The average Bonchev–Trinajstić information content (AvgIpc) is 2.43. The molecule has 2 aromatic rings. The van der Waals surface area contributed by atoms with Crippen molar-refractivity contribution in [2.75, 3.05) is 17.2 Å². The third kappa shape index (κ3) is 3.40. The first-order valence-corrected chi connectivity index (χ1v) is 7.11. The maximum atomic E-state index is 12.5. The smallest absolute Gasteiger partial charge is 0.259 e. The number of carbonyl (C=O) groups is 1. The first-order chi connectivity index (χ1) is 10.0. The summed E-state index contributed by atoms with van der Waals surface area (Å²) in [5, 5.41) is 6.21. The maximum absolute atomic E-state index is 12.5. The molecule has 2 rings (SSSR count). The molecule has 0 aliphatic heterocycles. The normalized spacial score (nSPS) is 10.3. The van der Waals surface area contributed by atoms with Crippen molar-refractivity contribution < 1.29 is 4.79 Å². The minimum Gasteiger partial charge on any atom is -0.385 e. The third-order valence-corrected chi connectivity index (χ3v) is 3.37. The van der Waals surface area contributed by atoms with Crippen molar-refractivity contribution in [3.63, 3.8) is 0 Å². The van der Waals surface area contributed by atoms with Gasteiger partial charge in [-0.2, -0.15) is 0 Å². The van der Waals surface area contributed by atoms with E-state index in [9.17, 15) is 4.79 Å². The van der Waals surface area contributed by atoms with E-state index in [2.05, 4.69) is 15.6 Å². The molecule has 0 aliphatic rings. The first kappa shape index (κ1) is 15.0. The number of amides is 1. The molecule has 0 spiro atoms. The molecular formula is C17H21N3O. The number of pyridine rings is 1. The molecule has 1 amide bonds. The summed E-state index contributed by atoms with van der Waals surface area (Å²) in [6.45, 7) is 8.65. The van der Waals surface area contributed by atoms with Crippen molar-refractivity contribution in [2.24, 2.45) is 0 Å². The zero-order valence-electron chi connectivity index (χ0n) is 12.9. The van der Waals surface area contributed by atoms with Crippen LogP contribution in [0.15, 0.2) is 30.5 Å². The monoisotopic (exact) mass is 283 g/mol. The number of hydrogen-bond donors (Lipinski definition) is 2. The zero-order chi connectivity index (χ0) is 15.4. The van der Waals surface area contributed by atoms with E-state index in [0.717, 1.165) is 34.7 Å². The predicted molar refractivity (Wildman–Crippen MR) is 87.0 cm³/mol. The Kier molecular flexibility index (Phi) is 4.58. The summed E-state index contributed by atoms with van der Waals surface area (Å²) < 4.78 is 0. The van der Waals surface area contributed by atoms with Crippen LogP contribution < -0.4 is 10.6 Å². The van der Waals surface area contributed by atoms with Gasteiger partial charge in [-0.15, -0.1) is 0 Å². The van der Waals surface area contributed by atoms with Crippen molar-refractivity contribution in [2.45, 2.75) is 27.7 Å². The highest BCUT2D eigenvalue weighted by Crippen LogP contribution is 2.22. The lowest BCUT2D eigenvalue weighted by molar-refractivity contribution is 0.102. The van der Waals surface area contributed by atoms with Crippen LogP contribution in [0.4, 0.5) is 11.4 Å². The number of carbonyl (C=O) groups excluding carboxylic acids is 1. The lowest BCUT2D eigenvalue weighted by atomic mass is 10.1. The molecule has 0 aliphatic carbocycles. The summed E-state index contributed by atoms with van der Waals surface area (Å²) in [5.74, 6) is -0.143.